The molecule has 6 nitrogen and oxygen atoms in total. The number of anilines is 2. The third-order valence-corrected chi connectivity index (χ3v) is 6.92. The molecule has 0 aromatic heterocycles. The van der Waals surface area contributed by atoms with E-state index in [1.807, 2.05) is 48.5 Å². The number of hydrogen-bond acceptors (Lipinski definition) is 4. The first kappa shape index (κ1) is 19.7. The second-order valence-corrected chi connectivity index (χ2v) is 9.51. The fourth-order valence-corrected chi connectivity index (χ4v) is 5.29. The Hall–Kier alpha value is -2.64. The van der Waals surface area contributed by atoms with Crippen molar-refractivity contribution >= 4 is 27.1 Å². The number of quaternary nitrogens is 1. The van der Waals surface area contributed by atoms with Crippen molar-refractivity contribution in [3.8, 4) is 0 Å². The van der Waals surface area contributed by atoms with Gasteiger partial charge in [-0.3, -0.25) is 9.69 Å². The van der Waals surface area contributed by atoms with E-state index >= 15 is 0 Å². The van der Waals surface area contributed by atoms with Crippen LogP contribution >= 0.6 is 0 Å². The van der Waals surface area contributed by atoms with Gasteiger partial charge in [-0.05, 0) is 30.3 Å². The largest absolute Gasteiger partial charge is 0.360 e. The quantitative estimate of drug-likeness (QED) is 0.787. The summed E-state index contributed by atoms with van der Waals surface area (Å²) in [5.74, 6) is -0.0868. The maximum atomic E-state index is 13.2. The zero-order valence-corrected chi connectivity index (χ0v) is 17.1. The predicted octanol–water partition coefficient (Wildman–Crippen LogP) is 0.735. The maximum Gasteiger partial charge on any atom is 0.282 e. The first-order chi connectivity index (χ1) is 14.0. The second kappa shape index (κ2) is 8.39. The number of para-hydroxylation sites is 2. The van der Waals surface area contributed by atoms with E-state index in [2.05, 4.69) is 17.0 Å². The van der Waals surface area contributed by atoms with Crippen LogP contribution in [0.5, 0.6) is 0 Å². The fraction of sp³-hybridized carbons (Fsp3) is 0.318. The average molecular weight is 413 g/mol. The van der Waals surface area contributed by atoms with Gasteiger partial charge in [-0.25, -0.2) is 8.42 Å². The number of nitrogens with one attached hydrogen (secondary N) is 1. The molecule has 0 radical (unpaired) electrons. The third kappa shape index (κ3) is 4.68. The topological polar surface area (TPSA) is 62.1 Å². The first-order valence-electron chi connectivity index (χ1n) is 9.93. The molecule has 7 heteroatoms. The van der Waals surface area contributed by atoms with Crippen molar-refractivity contribution in [1.29, 1.82) is 0 Å². The molecule has 2 aliphatic rings. The molecule has 1 saturated heterocycles. The summed E-state index contributed by atoms with van der Waals surface area (Å²) >= 11 is 0. The normalized spacial score (nSPS) is 21.2. The monoisotopic (exact) mass is 412 g/mol. The summed E-state index contributed by atoms with van der Waals surface area (Å²) in [6.45, 7) is 3.91. The van der Waals surface area contributed by atoms with Gasteiger partial charge in [0.25, 0.3) is 5.91 Å². The minimum Gasteiger partial charge on any atom is -0.360 e. The van der Waals surface area contributed by atoms with E-state index in [0.29, 0.717) is 6.54 Å². The van der Waals surface area contributed by atoms with Gasteiger partial charge in [-0.1, -0.05) is 36.4 Å². The van der Waals surface area contributed by atoms with Crippen LogP contribution in [-0.2, 0) is 14.6 Å². The summed E-state index contributed by atoms with van der Waals surface area (Å²) in [6.07, 6.45) is 1.63. The van der Waals surface area contributed by atoms with Gasteiger partial charge in [0.2, 0.25) is 0 Å². The summed E-state index contributed by atoms with van der Waals surface area (Å²) in [6, 6.07) is 19.2. The van der Waals surface area contributed by atoms with Gasteiger partial charge in [0, 0.05) is 16.8 Å². The summed E-state index contributed by atoms with van der Waals surface area (Å²) < 4.78 is 23.8. The lowest BCUT2D eigenvalue weighted by atomic mass is 10.2. The molecule has 1 amide bonds. The lowest BCUT2D eigenvalue weighted by Gasteiger charge is -2.35. The van der Waals surface area contributed by atoms with Crippen molar-refractivity contribution in [3.63, 3.8) is 0 Å². The van der Waals surface area contributed by atoms with Gasteiger partial charge >= 0.3 is 0 Å². The molecule has 152 valence electrons. The fourth-order valence-electron chi connectivity index (χ4n) is 4.02. The van der Waals surface area contributed by atoms with Gasteiger partial charge in [0.1, 0.15) is 0 Å². The van der Waals surface area contributed by atoms with Gasteiger partial charge in [0.05, 0.1) is 38.0 Å². The number of benzene rings is 2. The molecule has 2 heterocycles. The van der Waals surface area contributed by atoms with E-state index in [1.165, 1.54) is 16.0 Å². The molecule has 4 rings (SSSR count). The number of carbonyl (C=O) groups is 1. The molecule has 29 heavy (non-hydrogen) atoms. The highest BCUT2D eigenvalue weighted by atomic mass is 32.2. The molecule has 2 aliphatic heterocycles. The lowest BCUT2D eigenvalue weighted by Crippen LogP contribution is -3.16. The summed E-state index contributed by atoms with van der Waals surface area (Å²) in [5, 5.41) is 1.23. The Balaban J connectivity index is 1.43. The Morgan fingerprint density at radius 3 is 2.21 bits per heavy atom. The van der Waals surface area contributed by atoms with Crippen LogP contribution in [0.25, 0.3) is 0 Å². The minimum absolute atomic E-state index is 0.0360. The highest BCUT2D eigenvalue weighted by molar-refractivity contribution is 7.94. The van der Waals surface area contributed by atoms with Crippen molar-refractivity contribution in [3.05, 3.63) is 72.1 Å². The van der Waals surface area contributed by atoms with Crippen LogP contribution in [0.3, 0.4) is 0 Å². The molecule has 1 atom stereocenters. The first-order valence-corrected chi connectivity index (χ1v) is 11.6. The Labute approximate surface area is 172 Å². The zero-order chi connectivity index (χ0) is 20.3. The number of amides is 1. The van der Waals surface area contributed by atoms with E-state index in [4.69, 9.17) is 0 Å². The van der Waals surface area contributed by atoms with E-state index in [-0.39, 0.29) is 11.7 Å². The van der Waals surface area contributed by atoms with Crippen LogP contribution < -0.4 is 14.7 Å². The molecule has 2 aromatic carbocycles. The molecule has 2 aromatic rings. The molecule has 0 saturated carbocycles. The molecule has 1 fully saturated rings. The average Bonchev–Trinajstić information content (AvgIpc) is 3.09. The number of sulfone groups is 1. The highest BCUT2D eigenvalue weighted by Gasteiger charge is 2.33. The molecule has 0 bridgehead atoms. The van der Waals surface area contributed by atoms with Gasteiger partial charge in [-0.15, -0.1) is 0 Å². The van der Waals surface area contributed by atoms with Crippen molar-refractivity contribution in [2.45, 2.75) is 6.04 Å². The Bertz CT molecular complexity index is 969. The standard InChI is InChI=1S/C22H25N3O3S/c26-22(17-23-12-14-24(15-13-23)19-7-3-1-4-8-19)25(20-9-5-2-6-10-20)21-11-16-29(27,28)18-21/h1-11,16,21H,12-15,17-18H2/p+1/t21-/m0/s1. The van der Waals surface area contributed by atoms with Crippen molar-refractivity contribution in [2.75, 3.05) is 48.3 Å². The van der Waals surface area contributed by atoms with Crippen molar-refractivity contribution < 1.29 is 18.1 Å². The number of hydrogen-bond donors (Lipinski definition) is 1. The molecule has 1 N–H and O–H groups in total. The van der Waals surface area contributed by atoms with Crippen LogP contribution in [-0.4, -0.2) is 58.8 Å². The molecule has 0 spiro atoms. The van der Waals surface area contributed by atoms with Gasteiger partial charge < -0.3 is 9.80 Å². The van der Waals surface area contributed by atoms with Crippen molar-refractivity contribution in [2.24, 2.45) is 0 Å². The van der Waals surface area contributed by atoms with Crippen LogP contribution in [0.15, 0.2) is 72.1 Å². The molecule has 0 unspecified atom stereocenters. The minimum atomic E-state index is -3.24. The summed E-state index contributed by atoms with van der Waals surface area (Å²) in [4.78, 5) is 18.4. The van der Waals surface area contributed by atoms with Crippen LogP contribution in [0.2, 0.25) is 0 Å². The van der Waals surface area contributed by atoms with E-state index in [9.17, 15) is 13.2 Å². The molecular formula is C22H26N3O3S+. The summed E-state index contributed by atoms with van der Waals surface area (Å²) in [7, 11) is -3.24. The Kier molecular flexibility index (Phi) is 5.69. The SMILES string of the molecule is O=C(C[NH+]1CCN(c2ccccc2)CC1)N(c1ccccc1)[C@H]1C=CS(=O)(=O)C1. The second-order valence-electron chi connectivity index (χ2n) is 7.57. The number of rotatable bonds is 5. The predicted molar refractivity (Wildman–Crippen MR) is 115 cm³/mol. The number of carbonyl (C=O) groups excluding carboxylic acids is 1. The summed E-state index contributed by atoms with van der Waals surface area (Å²) in [5.41, 5.74) is 1.96. The van der Waals surface area contributed by atoms with Crippen LogP contribution in [0.1, 0.15) is 0 Å². The number of piperazine rings is 1. The number of nitrogens with zero attached hydrogens (tertiary/aromatic N) is 2. The highest BCUT2D eigenvalue weighted by Crippen LogP contribution is 2.22. The van der Waals surface area contributed by atoms with E-state index < -0.39 is 15.9 Å². The molecular weight excluding hydrogens is 386 g/mol. The zero-order valence-electron chi connectivity index (χ0n) is 16.3. The van der Waals surface area contributed by atoms with E-state index in [1.54, 1.807) is 11.0 Å². The van der Waals surface area contributed by atoms with E-state index in [0.717, 1.165) is 31.9 Å². The van der Waals surface area contributed by atoms with Crippen molar-refractivity contribution in [1.82, 2.24) is 0 Å². The van der Waals surface area contributed by atoms with Gasteiger partial charge in [-0.2, -0.15) is 0 Å². The van der Waals surface area contributed by atoms with Crippen LogP contribution in [0, 0.1) is 0 Å². The Morgan fingerprint density at radius 1 is 1.00 bits per heavy atom. The lowest BCUT2D eigenvalue weighted by molar-refractivity contribution is -0.892. The smallest absolute Gasteiger partial charge is 0.282 e. The van der Waals surface area contributed by atoms with Crippen LogP contribution in [0.4, 0.5) is 11.4 Å². The molecule has 0 aliphatic carbocycles. The maximum absolute atomic E-state index is 13.2. The third-order valence-electron chi connectivity index (χ3n) is 5.54. The Morgan fingerprint density at radius 2 is 1.62 bits per heavy atom. The van der Waals surface area contributed by atoms with Gasteiger partial charge in [0.15, 0.2) is 16.4 Å².